The molecule has 1 rings (SSSR count). The van der Waals surface area contributed by atoms with E-state index in [1.807, 2.05) is 12.1 Å². The molecule has 0 unspecified atom stereocenters. The van der Waals surface area contributed by atoms with Crippen LogP contribution in [0.15, 0.2) is 22.8 Å². The molecular formula is C15H28N2O. The standard InChI is InChI=1S/C15H28N2O/c1-4-17(12-15-6-5-9-18-15)8-7-14(11-16)10-13(2)3/h5-6,9,13-14H,4,7-8,10-12,16H2,1-3H3/t14-/m1/s1. The van der Waals surface area contributed by atoms with E-state index in [4.69, 9.17) is 10.2 Å². The van der Waals surface area contributed by atoms with E-state index in [1.54, 1.807) is 6.26 Å². The molecule has 0 aliphatic heterocycles. The van der Waals surface area contributed by atoms with Crippen molar-refractivity contribution in [1.29, 1.82) is 0 Å². The predicted octanol–water partition coefficient (Wildman–Crippen LogP) is 3.11. The Morgan fingerprint density at radius 1 is 1.39 bits per heavy atom. The fourth-order valence-electron chi connectivity index (χ4n) is 2.34. The van der Waals surface area contributed by atoms with E-state index in [1.165, 1.54) is 12.8 Å². The Morgan fingerprint density at radius 2 is 2.17 bits per heavy atom. The van der Waals surface area contributed by atoms with Crippen molar-refractivity contribution in [3.8, 4) is 0 Å². The van der Waals surface area contributed by atoms with Crippen molar-refractivity contribution in [3.63, 3.8) is 0 Å². The Labute approximate surface area is 111 Å². The van der Waals surface area contributed by atoms with Gasteiger partial charge in [0.2, 0.25) is 0 Å². The van der Waals surface area contributed by atoms with E-state index in [-0.39, 0.29) is 0 Å². The van der Waals surface area contributed by atoms with Gasteiger partial charge in [0.05, 0.1) is 12.8 Å². The number of nitrogens with two attached hydrogens (primary N) is 1. The molecule has 1 aromatic rings. The van der Waals surface area contributed by atoms with Crippen LogP contribution in [0.3, 0.4) is 0 Å². The van der Waals surface area contributed by atoms with Crippen molar-refractivity contribution < 1.29 is 4.42 Å². The molecule has 0 spiro atoms. The maximum Gasteiger partial charge on any atom is 0.117 e. The highest BCUT2D eigenvalue weighted by atomic mass is 16.3. The fourth-order valence-corrected chi connectivity index (χ4v) is 2.34. The summed E-state index contributed by atoms with van der Waals surface area (Å²) in [6.45, 7) is 10.6. The first-order valence-corrected chi connectivity index (χ1v) is 7.10. The number of nitrogens with zero attached hydrogens (tertiary/aromatic N) is 1. The first kappa shape index (κ1) is 15.3. The Morgan fingerprint density at radius 3 is 2.67 bits per heavy atom. The van der Waals surface area contributed by atoms with Crippen molar-refractivity contribution in [2.45, 2.75) is 40.2 Å². The molecule has 3 nitrogen and oxygen atoms in total. The molecule has 2 N–H and O–H groups in total. The van der Waals surface area contributed by atoms with Crippen LogP contribution in [-0.2, 0) is 6.54 Å². The van der Waals surface area contributed by atoms with Gasteiger partial charge in [0, 0.05) is 0 Å². The Balaban J connectivity index is 2.33. The van der Waals surface area contributed by atoms with E-state index in [0.29, 0.717) is 5.92 Å². The highest BCUT2D eigenvalue weighted by molar-refractivity contribution is 4.97. The lowest BCUT2D eigenvalue weighted by atomic mass is 9.94. The molecule has 18 heavy (non-hydrogen) atoms. The minimum absolute atomic E-state index is 0.649. The zero-order chi connectivity index (χ0) is 13.4. The molecule has 0 aromatic carbocycles. The summed E-state index contributed by atoms with van der Waals surface area (Å²) in [5.41, 5.74) is 5.85. The Bertz CT molecular complexity index is 295. The smallest absolute Gasteiger partial charge is 0.117 e. The molecule has 0 radical (unpaired) electrons. The van der Waals surface area contributed by atoms with Crippen molar-refractivity contribution in [2.24, 2.45) is 17.6 Å². The quantitative estimate of drug-likeness (QED) is 0.734. The SMILES string of the molecule is CCN(CC[C@@H](CN)CC(C)C)Cc1ccco1. The molecule has 1 atom stereocenters. The highest BCUT2D eigenvalue weighted by Crippen LogP contribution is 2.15. The monoisotopic (exact) mass is 252 g/mol. The molecule has 3 heteroatoms. The van der Waals surface area contributed by atoms with Crippen molar-refractivity contribution >= 4 is 0 Å². The summed E-state index contributed by atoms with van der Waals surface area (Å²) >= 11 is 0. The zero-order valence-corrected chi connectivity index (χ0v) is 12.1. The van der Waals surface area contributed by atoms with Gasteiger partial charge in [-0.1, -0.05) is 20.8 Å². The van der Waals surface area contributed by atoms with Crippen molar-refractivity contribution in [3.05, 3.63) is 24.2 Å². The van der Waals surface area contributed by atoms with Crippen LogP contribution in [0.2, 0.25) is 0 Å². The van der Waals surface area contributed by atoms with E-state index in [9.17, 15) is 0 Å². The molecule has 0 saturated carbocycles. The van der Waals surface area contributed by atoms with Crippen LogP contribution in [0.25, 0.3) is 0 Å². The van der Waals surface area contributed by atoms with Gasteiger partial charge in [0.1, 0.15) is 5.76 Å². The third kappa shape index (κ3) is 5.69. The third-order valence-electron chi connectivity index (χ3n) is 3.40. The van der Waals surface area contributed by atoms with Crippen LogP contribution in [-0.4, -0.2) is 24.5 Å². The van der Waals surface area contributed by atoms with Gasteiger partial charge in [-0.25, -0.2) is 0 Å². The first-order valence-electron chi connectivity index (χ1n) is 7.10. The fraction of sp³-hybridized carbons (Fsp3) is 0.733. The topological polar surface area (TPSA) is 42.4 Å². The van der Waals surface area contributed by atoms with Gasteiger partial charge in [0.25, 0.3) is 0 Å². The molecular weight excluding hydrogens is 224 g/mol. The van der Waals surface area contributed by atoms with Gasteiger partial charge in [-0.3, -0.25) is 4.90 Å². The minimum Gasteiger partial charge on any atom is -0.468 e. The second kappa shape index (κ2) is 8.33. The molecule has 104 valence electrons. The maximum absolute atomic E-state index is 5.85. The molecule has 0 aliphatic carbocycles. The zero-order valence-electron chi connectivity index (χ0n) is 12.1. The summed E-state index contributed by atoms with van der Waals surface area (Å²) in [7, 11) is 0. The van der Waals surface area contributed by atoms with Crippen LogP contribution >= 0.6 is 0 Å². The van der Waals surface area contributed by atoms with Gasteiger partial charge >= 0.3 is 0 Å². The van der Waals surface area contributed by atoms with Gasteiger partial charge in [-0.15, -0.1) is 0 Å². The molecule has 0 bridgehead atoms. The van der Waals surface area contributed by atoms with Crippen LogP contribution in [0.1, 0.15) is 39.4 Å². The van der Waals surface area contributed by atoms with Crippen LogP contribution in [0.5, 0.6) is 0 Å². The Hall–Kier alpha value is -0.800. The third-order valence-corrected chi connectivity index (χ3v) is 3.40. The summed E-state index contributed by atoms with van der Waals surface area (Å²) < 4.78 is 5.40. The van der Waals surface area contributed by atoms with Crippen molar-refractivity contribution in [2.75, 3.05) is 19.6 Å². The van der Waals surface area contributed by atoms with E-state index < -0.39 is 0 Å². The lowest BCUT2D eigenvalue weighted by Crippen LogP contribution is -2.28. The largest absolute Gasteiger partial charge is 0.468 e. The number of furan rings is 1. The number of hydrogen-bond donors (Lipinski definition) is 1. The van der Waals surface area contributed by atoms with E-state index in [2.05, 4.69) is 25.7 Å². The molecule has 0 aliphatic rings. The maximum atomic E-state index is 5.85. The van der Waals surface area contributed by atoms with Gasteiger partial charge in [-0.05, 0) is 56.4 Å². The van der Waals surface area contributed by atoms with Crippen molar-refractivity contribution in [1.82, 2.24) is 4.90 Å². The molecule has 1 heterocycles. The number of rotatable bonds is 9. The summed E-state index contributed by atoms with van der Waals surface area (Å²) in [5.74, 6) is 2.43. The second-order valence-electron chi connectivity index (χ2n) is 5.47. The van der Waals surface area contributed by atoms with Gasteiger partial charge < -0.3 is 10.2 Å². The summed E-state index contributed by atoms with van der Waals surface area (Å²) in [6, 6.07) is 3.99. The van der Waals surface area contributed by atoms with Gasteiger partial charge in [0.15, 0.2) is 0 Å². The summed E-state index contributed by atoms with van der Waals surface area (Å²) in [5, 5.41) is 0. The minimum atomic E-state index is 0.649. The van der Waals surface area contributed by atoms with Gasteiger partial charge in [-0.2, -0.15) is 0 Å². The van der Waals surface area contributed by atoms with Crippen LogP contribution in [0.4, 0.5) is 0 Å². The predicted molar refractivity (Wildman–Crippen MR) is 76.3 cm³/mol. The van der Waals surface area contributed by atoms with Crippen LogP contribution < -0.4 is 5.73 Å². The first-order chi connectivity index (χ1) is 8.65. The lowest BCUT2D eigenvalue weighted by molar-refractivity contribution is 0.229. The lowest BCUT2D eigenvalue weighted by Gasteiger charge is -2.23. The molecule has 1 aromatic heterocycles. The normalized spacial score (nSPS) is 13.4. The second-order valence-corrected chi connectivity index (χ2v) is 5.47. The van der Waals surface area contributed by atoms with E-state index in [0.717, 1.165) is 37.9 Å². The average Bonchev–Trinajstić information content (AvgIpc) is 2.84. The average molecular weight is 252 g/mol. The number of hydrogen-bond acceptors (Lipinski definition) is 3. The summed E-state index contributed by atoms with van der Waals surface area (Å²) in [6.07, 6.45) is 4.16. The molecule has 0 saturated heterocycles. The highest BCUT2D eigenvalue weighted by Gasteiger charge is 2.12. The van der Waals surface area contributed by atoms with E-state index >= 15 is 0 Å². The van der Waals surface area contributed by atoms with Crippen LogP contribution in [0, 0.1) is 11.8 Å². The Kier molecular flexibility index (Phi) is 7.06. The molecule has 0 fully saturated rings. The summed E-state index contributed by atoms with van der Waals surface area (Å²) in [4.78, 5) is 2.42. The molecule has 0 amide bonds.